The molecule has 1 aliphatic heterocycles. The van der Waals surface area contributed by atoms with Crippen molar-refractivity contribution in [3.8, 4) is 0 Å². The van der Waals surface area contributed by atoms with E-state index >= 15 is 0 Å². The number of carbonyl (C=O) groups excluding carboxylic acids is 3. The van der Waals surface area contributed by atoms with Gasteiger partial charge in [0.25, 0.3) is 0 Å². The molecule has 1 N–H and O–H groups in total. The van der Waals surface area contributed by atoms with E-state index in [9.17, 15) is 14.4 Å². The van der Waals surface area contributed by atoms with E-state index in [1.807, 2.05) is 25.7 Å². The Morgan fingerprint density at radius 1 is 1.10 bits per heavy atom. The van der Waals surface area contributed by atoms with Crippen molar-refractivity contribution in [2.75, 3.05) is 39.5 Å². The number of alkyl carbamates (subject to hydrolysis) is 1. The van der Waals surface area contributed by atoms with E-state index in [0.29, 0.717) is 45.6 Å². The first-order valence-electron chi connectivity index (χ1n) is 11.3. The van der Waals surface area contributed by atoms with Crippen molar-refractivity contribution in [2.24, 2.45) is 0 Å². The normalized spacial score (nSPS) is 18.2. The van der Waals surface area contributed by atoms with Gasteiger partial charge in [0.2, 0.25) is 0 Å². The summed E-state index contributed by atoms with van der Waals surface area (Å²) in [7, 11) is 0. The molecule has 0 aromatic heterocycles. The van der Waals surface area contributed by atoms with Gasteiger partial charge in [-0.3, -0.25) is 14.5 Å². The predicted octanol–water partition coefficient (Wildman–Crippen LogP) is 2.66. The smallest absolute Gasteiger partial charge is 0.407 e. The molecule has 1 rings (SSSR count). The van der Waals surface area contributed by atoms with Gasteiger partial charge in [0.15, 0.2) is 0 Å². The van der Waals surface area contributed by atoms with Crippen LogP contribution in [0.5, 0.6) is 0 Å². The molecule has 1 fully saturated rings. The van der Waals surface area contributed by atoms with Gasteiger partial charge >= 0.3 is 18.0 Å². The van der Waals surface area contributed by atoms with E-state index in [0.717, 1.165) is 19.4 Å². The Balaban J connectivity index is 2.52. The highest BCUT2D eigenvalue weighted by molar-refractivity contribution is 5.76. The Morgan fingerprint density at radius 2 is 1.81 bits per heavy atom. The van der Waals surface area contributed by atoms with Crippen molar-refractivity contribution in [1.82, 2.24) is 10.2 Å². The van der Waals surface area contributed by atoms with Gasteiger partial charge in [-0.1, -0.05) is 0 Å². The summed E-state index contributed by atoms with van der Waals surface area (Å²) in [5.41, 5.74) is -0.562. The average Bonchev–Trinajstić information content (AvgIpc) is 2.66. The molecule has 0 aromatic rings. The molecule has 180 valence electrons. The summed E-state index contributed by atoms with van der Waals surface area (Å²) in [5.74, 6) is -0.532. The van der Waals surface area contributed by atoms with Gasteiger partial charge in [-0.05, 0) is 66.8 Å². The minimum atomic E-state index is -0.562. The summed E-state index contributed by atoms with van der Waals surface area (Å²) in [4.78, 5) is 38.0. The molecule has 9 nitrogen and oxygen atoms in total. The van der Waals surface area contributed by atoms with Crippen LogP contribution in [0.4, 0.5) is 4.79 Å². The maximum absolute atomic E-state index is 12.5. The Hall–Kier alpha value is -1.87. The molecule has 0 saturated carbocycles. The third-order valence-corrected chi connectivity index (χ3v) is 4.67. The molecule has 0 bridgehead atoms. The minimum absolute atomic E-state index is 0.106. The van der Waals surface area contributed by atoms with Crippen molar-refractivity contribution in [3.63, 3.8) is 0 Å². The standard InChI is InChI=1S/C22H40N2O7/c1-6-29-19(25)12-8-9-14-28-16-18(20(26)30-7-2)24-13-10-11-17(15-24)23-21(27)31-22(3,4)5/h17-18H,6-16H2,1-5H3,(H,23,27). The second-order valence-corrected chi connectivity index (χ2v) is 8.59. The number of ether oxygens (including phenoxy) is 4. The van der Waals surface area contributed by atoms with Gasteiger partial charge < -0.3 is 24.3 Å². The second kappa shape index (κ2) is 14.2. The number of likely N-dealkylation sites (tertiary alicyclic amines) is 1. The van der Waals surface area contributed by atoms with Gasteiger partial charge in [0.1, 0.15) is 11.6 Å². The largest absolute Gasteiger partial charge is 0.466 e. The first-order chi connectivity index (χ1) is 14.7. The van der Waals surface area contributed by atoms with Crippen LogP contribution in [0.3, 0.4) is 0 Å². The minimum Gasteiger partial charge on any atom is -0.466 e. The maximum atomic E-state index is 12.5. The lowest BCUT2D eigenvalue weighted by molar-refractivity contribution is -0.152. The number of nitrogens with zero attached hydrogens (tertiary/aromatic N) is 1. The summed E-state index contributed by atoms with van der Waals surface area (Å²) < 4.78 is 21.2. The van der Waals surface area contributed by atoms with Gasteiger partial charge in [-0.25, -0.2) is 4.79 Å². The number of rotatable bonds is 12. The second-order valence-electron chi connectivity index (χ2n) is 8.59. The first-order valence-corrected chi connectivity index (χ1v) is 11.3. The average molecular weight is 445 g/mol. The Bertz CT molecular complexity index is 563. The highest BCUT2D eigenvalue weighted by atomic mass is 16.6. The monoisotopic (exact) mass is 444 g/mol. The van der Waals surface area contributed by atoms with Crippen LogP contribution < -0.4 is 5.32 Å². The van der Waals surface area contributed by atoms with Crippen LogP contribution in [-0.2, 0) is 28.5 Å². The fourth-order valence-electron chi connectivity index (χ4n) is 3.34. The molecule has 1 saturated heterocycles. The maximum Gasteiger partial charge on any atom is 0.407 e. The Kier molecular flexibility index (Phi) is 12.5. The molecular formula is C22H40N2O7. The molecule has 0 radical (unpaired) electrons. The number of amides is 1. The van der Waals surface area contributed by atoms with E-state index in [1.165, 1.54) is 0 Å². The molecule has 0 aliphatic carbocycles. The molecule has 0 aromatic carbocycles. The van der Waals surface area contributed by atoms with Gasteiger partial charge in [-0.15, -0.1) is 0 Å². The van der Waals surface area contributed by atoms with Crippen molar-refractivity contribution in [2.45, 2.75) is 84.4 Å². The molecule has 0 spiro atoms. The predicted molar refractivity (Wildman–Crippen MR) is 116 cm³/mol. The van der Waals surface area contributed by atoms with Crippen molar-refractivity contribution in [1.29, 1.82) is 0 Å². The zero-order chi connectivity index (χ0) is 23.3. The summed E-state index contributed by atoms with van der Waals surface area (Å²) in [6.07, 6.45) is 2.95. The van der Waals surface area contributed by atoms with E-state index < -0.39 is 17.7 Å². The molecule has 31 heavy (non-hydrogen) atoms. The summed E-state index contributed by atoms with van der Waals surface area (Å²) in [6, 6.07) is -0.640. The van der Waals surface area contributed by atoms with Crippen LogP contribution in [0.15, 0.2) is 0 Å². The van der Waals surface area contributed by atoms with Crippen LogP contribution in [0.25, 0.3) is 0 Å². The molecule has 2 atom stereocenters. The van der Waals surface area contributed by atoms with Crippen LogP contribution >= 0.6 is 0 Å². The van der Waals surface area contributed by atoms with E-state index in [1.54, 1.807) is 13.8 Å². The lowest BCUT2D eigenvalue weighted by atomic mass is 10.0. The van der Waals surface area contributed by atoms with Crippen LogP contribution in [0.2, 0.25) is 0 Å². The van der Waals surface area contributed by atoms with E-state index in [2.05, 4.69) is 5.32 Å². The summed E-state index contributed by atoms with van der Waals surface area (Å²) in [6.45, 7) is 11.6. The molecular weight excluding hydrogens is 404 g/mol. The fraction of sp³-hybridized carbons (Fsp3) is 0.864. The number of hydrogen-bond donors (Lipinski definition) is 1. The molecule has 1 heterocycles. The molecule has 2 unspecified atom stereocenters. The number of hydrogen-bond acceptors (Lipinski definition) is 8. The number of piperidine rings is 1. The number of nitrogens with one attached hydrogen (secondary N) is 1. The quantitative estimate of drug-likeness (QED) is 0.278. The van der Waals surface area contributed by atoms with Crippen molar-refractivity contribution >= 4 is 18.0 Å². The van der Waals surface area contributed by atoms with Gasteiger partial charge in [0.05, 0.1) is 19.8 Å². The lowest BCUT2D eigenvalue weighted by Gasteiger charge is -2.37. The lowest BCUT2D eigenvalue weighted by Crippen LogP contribution is -2.55. The van der Waals surface area contributed by atoms with E-state index in [-0.39, 0.29) is 24.6 Å². The molecule has 1 aliphatic rings. The Labute approximate surface area is 186 Å². The Morgan fingerprint density at radius 3 is 2.45 bits per heavy atom. The van der Waals surface area contributed by atoms with Crippen LogP contribution in [0, 0.1) is 0 Å². The van der Waals surface area contributed by atoms with Crippen molar-refractivity contribution in [3.05, 3.63) is 0 Å². The third-order valence-electron chi connectivity index (χ3n) is 4.67. The summed E-state index contributed by atoms with van der Waals surface area (Å²) in [5, 5.41) is 2.90. The fourth-order valence-corrected chi connectivity index (χ4v) is 3.34. The first kappa shape index (κ1) is 27.2. The van der Waals surface area contributed by atoms with Crippen LogP contribution in [0.1, 0.15) is 66.7 Å². The van der Waals surface area contributed by atoms with Gasteiger partial charge in [-0.2, -0.15) is 0 Å². The highest BCUT2D eigenvalue weighted by Gasteiger charge is 2.32. The van der Waals surface area contributed by atoms with E-state index in [4.69, 9.17) is 18.9 Å². The summed E-state index contributed by atoms with van der Waals surface area (Å²) >= 11 is 0. The number of esters is 2. The zero-order valence-electron chi connectivity index (χ0n) is 19.7. The van der Waals surface area contributed by atoms with Crippen molar-refractivity contribution < 1.29 is 33.3 Å². The van der Waals surface area contributed by atoms with Gasteiger partial charge in [0, 0.05) is 25.6 Å². The zero-order valence-corrected chi connectivity index (χ0v) is 19.7. The SMILES string of the molecule is CCOC(=O)CCCCOCC(C(=O)OCC)N1CCCC(NC(=O)OC(C)(C)C)C1. The molecule has 1 amide bonds. The third kappa shape index (κ3) is 11.9. The number of unbranched alkanes of at least 4 members (excludes halogenated alkanes) is 1. The topological polar surface area (TPSA) is 103 Å². The van der Waals surface area contributed by atoms with Crippen LogP contribution in [-0.4, -0.2) is 80.1 Å². The highest BCUT2D eigenvalue weighted by Crippen LogP contribution is 2.16. The number of carbonyl (C=O) groups is 3. The molecule has 9 heteroatoms.